The van der Waals surface area contributed by atoms with E-state index in [0.717, 1.165) is 13.1 Å². The summed E-state index contributed by atoms with van der Waals surface area (Å²) < 4.78 is 17.4. The summed E-state index contributed by atoms with van der Waals surface area (Å²) in [7, 11) is 0. The lowest BCUT2D eigenvalue weighted by Gasteiger charge is -2.40. The van der Waals surface area contributed by atoms with Crippen molar-refractivity contribution in [3.63, 3.8) is 0 Å². The number of rotatable bonds is 11. The van der Waals surface area contributed by atoms with Crippen molar-refractivity contribution >= 4 is 33.7 Å². The minimum absolute atomic E-state index is 0.174. The summed E-state index contributed by atoms with van der Waals surface area (Å²) in [5.74, 6) is -2.87. The number of halogens is 1. The number of alkyl halides is 1. The maximum atomic E-state index is 14.6. The predicted octanol–water partition coefficient (Wildman–Crippen LogP) is 1.38. The van der Waals surface area contributed by atoms with Crippen LogP contribution in [-0.4, -0.2) is 119 Å². The highest BCUT2D eigenvalue weighted by Crippen LogP contribution is 2.61. The number of morpholine rings is 1. The lowest BCUT2D eigenvalue weighted by molar-refractivity contribution is -0.156. The SMILES string of the molecule is C=CCN(CCN1CCOCC1)C(=O)C1N([C@H](CO)c2ccccc2)C(=O)[C@@H]2[C@H](C(=O)OCC)[C@H]3OC12CC3Br. The first-order valence-corrected chi connectivity index (χ1v) is 15.0. The zero-order chi connectivity index (χ0) is 28.4. The van der Waals surface area contributed by atoms with Gasteiger partial charge in [-0.15, -0.1) is 6.58 Å². The molecule has 4 aliphatic heterocycles. The van der Waals surface area contributed by atoms with E-state index in [0.29, 0.717) is 44.8 Å². The second-order valence-electron chi connectivity index (χ2n) is 10.8. The van der Waals surface area contributed by atoms with Crippen LogP contribution in [0.15, 0.2) is 43.0 Å². The number of carbonyl (C=O) groups excluding carboxylic acids is 3. The Hall–Kier alpha value is -2.31. The quantitative estimate of drug-likeness (QED) is 0.225. The molecule has 1 aromatic carbocycles. The number of ether oxygens (including phenoxy) is 3. The van der Waals surface area contributed by atoms with Gasteiger partial charge in [0.15, 0.2) is 0 Å². The van der Waals surface area contributed by atoms with E-state index in [-0.39, 0.29) is 29.9 Å². The molecule has 7 atom stereocenters. The third-order valence-corrected chi connectivity index (χ3v) is 9.51. The number of benzene rings is 1. The van der Waals surface area contributed by atoms with Crippen LogP contribution < -0.4 is 0 Å². The number of fused-ring (bicyclic) bond motifs is 1. The van der Waals surface area contributed by atoms with E-state index in [2.05, 4.69) is 27.4 Å². The molecule has 0 aliphatic carbocycles. The number of esters is 1. The van der Waals surface area contributed by atoms with Crippen LogP contribution in [0.4, 0.5) is 0 Å². The minimum Gasteiger partial charge on any atom is -0.466 e. The second kappa shape index (κ2) is 12.3. The van der Waals surface area contributed by atoms with Gasteiger partial charge in [0, 0.05) is 37.6 Å². The second-order valence-corrected chi connectivity index (χ2v) is 12.0. The van der Waals surface area contributed by atoms with Crippen LogP contribution in [-0.2, 0) is 28.6 Å². The average molecular weight is 621 g/mol. The van der Waals surface area contributed by atoms with Gasteiger partial charge in [-0.2, -0.15) is 0 Å². The van der Waals surface area contributed by atoms with Crippen molar-refractivity contribution in [3.8, 4) is 0 Å². The molecule has 0 radical (unpaired) electrons. The van der Waals surface area contributed by atoms with Gasteiger partial charge >= 0.3 is 5.97 Å². The molecule has 11 heteroatoms. The predicted molar refractivity (Wildman–Crippen MR) is 149 cm³/mol. The van der Waals surface area contributed by atoms with E-state index in [1.54, 1.807) is 17.9 Å². The lowest BCUT2D eigenvalue weighted by Crippen LogP contribution is -2.58. The Kier molecular flexibility index (Phi) is 8.96. The molecule has 218 valence electrons. The first-order chi connectivity index (χ1) is 19.4. The van der Waals surface area contributed by atoms with E-state index in [4.69, 9.17) is 14.2 Å². The van der Waals surface area contributed by atoms with Crippen LogP contribution in [0.1, 0.15) is 24.9 Å². The maximum Gasteiger partial charge on any atom is 0.312 e. The van der Waals surface area contributed by atoms with Crippen molar-refractivity contribution in [1.29, 1.82) is 0 Å². The minimum atomic E-state index is -1.23. The van der Waals surface area contributed by atoms with Crippen LogP contribution in [0.2, 0.25) is 0 Å². The fraction of sp³-hybridized carbons (Fsp3) is 0.621. The third kappa shape index (κ3) is 5.00. The maximum absolute atomic E-state index is 14.6. The Bertz CT molecular complexity index is 1100. The van der Waals surface area contributed by atoms with Gasteiger partial charge in [0.05, 0.1) is 50.4 Å². The number of aliphatic hydroxyl groups excluding tert-OH is 1. The Morgan fingerprint density at radius 2 is 2.02 bits per heavy atom. The molecule has 0 aromatic heterocycles. The topological polar surface area (TPSA) is 109 Å². The summed E-state index contributed by atoms with van der Waals surface area (Å²) in [5.41, 5.74) is -0.529. The van der Waals surface area contributed by atoms with Gasteiger partial charge in [-0.05, 0) is 18.9 Å². The van der Waals surface area contributed by atoms with Gasteiger partial charge in [0.25, 0.3) is 0 Å². The van der Waals surface area contributed by atoms with Crippen molar-refractivity contribution in [2.75, 3.05) is 59.2 Å². The van der Waals surface area contributed by atoms with Crippen LogP contribution in [0.3, 0.4) is 0 Å². The first-order valence-electron chi connectivity index (χ1n) is 14.0. The lowest BCUT2D eigenvalue weighted by atomic mass is 9.70. The number of carbonyl (C=O) groups is 3. The highest BCUT2D eigenvalue weighted by atomic mass is 79.9. The molecule has 1 spiro atoms. The van der Waals surface area contributed by atoms with Crippen LogP contribution in [0.5, 0.6) is 0 Å². The number of likely N-dealkylation sites (tertiary alicyclic amines) is 1. The summed E-state index contributed by atoms with van der Waals surface area (Å²) in [6.45, 7) is 9.63. The molecule has 0 saturated carbocycles. The summed E-state index contributed by atoms with van der Waals surface area (Å²) in [6.07, 6.45) is 1.47. The van der Waals surface area contributed by atoms with E-state index in [1.807, 2.05) is 30.3 Å². The van der Waals surface area contributed by atoms with E-state index < -0.39 is 41.6 Å². The Labute approximate surface area is 243 Å². The highest BCUT2D eigenvalue weighted by molar-refractivity contribution is 9.09. The fourth-order valence-corrected chi connectivity index (χ4v) is 7.87. The molecular weight excluding hydrogens is 582 g/mol. The number of hydrogen-bond donors (Lipinski definition) is 1. The van der Waals surface area contributed by atoms with Gasteiger partial charge < -0.3 is 29.1 Å². The molecule has 4 saturated heterocycles. The van der Waals surface area contributed by atoms with Gasteiger partial charge in [0.2, 0.25) is 11.8 Å². The Morgan fingerprint density at radius 3 is 2.67 bits per heavy atom. The number of aliphatic hydroxyl groups is 1. The Morgan fingerprint density at radius 1 is 1.30 bits per heavy atom. The van der Waals surface area contributed by atoms with E-state index >= 15 is 0 Å². The summed E-state index contributed by atoms with van der Waals surface area (Å²) in [6, 6.07) is 7.36. The van der Waals surface area contributed by atoms with Crippen molar-refractivity contribution < 1.29 is 33.7 Å². The normalized spacial score (nSPS) is 32.1. The van der Waals surface area contributed by atoms with Crippen LogP contribution in [0.25, 0.3) is 0 Å². The molecule has 1 N–H and O–H groups in total. The summed E-state index contributed by atoms with van der Waals surface area (Å²) >= 11 is 3.68. The number of nitrogens with zero attached hydrogens (tertiary/aromatic N) is 3. The zero-order valence-electron chi connectivity index (χ0n) is 22.8. The Balaban J connectivity index is 1.54. The van der Waals surface area contributed by atoms with Gasteiger partial charge in [-0.25, -0.2) is 0 Å². The molecule has 4 fully saturated rings. The first kappa shape index (κ1) is 29.2. The molecule has 2 amide bonds. The van der Waals surface area contributed by atoms with Crippen molar-refractivity contribution in [2.45, 2.75) is 42.0 Å². The van der Waals surface area contributed by atoms with Crippen molar-refractivity contribution in [3.05, 3.63) is 48.6 Å². The number of amides is 2. The van der Waals surface area contributed by atoms with Gasteiger partial charge in [-0.1, -0.05) is 52.3 Å². The monoisotopic (exact) mass is 619 g/mol. The molecule has 4 heterocycles. The van der Waals surface area contributed by atoms with Crippen molar-refractivity contribution in [1.82, 2.24) is 14.7 Å². The molecule has 3 unspecified atom stereocenters. The largest absolute Gasteiger partial charge is 0.466 e. The average Bonchev–Trinajstić information content (AvgIpc) is 3.56. The van der Waals surface area contributed by atoms with Gasteiger partial charge in [-0.3, -0.25) is 19.3 Å². The van der Waals surface area contributed by atoms with E-state index in [9.17, 15) is 19.5 Å². The smallest absolute Gasteiger partial charge is 0.312 e. The molecular formula is C29H38BrN3O7. The highest BCUT2D eigenvalue weighted by Gasteiger charge is 2.77. The fourth-order valence-electron chi connectivity index (χ4n) is 6.93. The zero-order valence-corrected chi connectivity index (χ0v) is 24.4. The molecule has 40 heavy (non-hydrogen) atoms. The molecule has 5 rings (SSSR count). The third-order valence-electron chi connectivity index (χ3n) is 8.66. The van der Waals surface area contributed by atoms with Gasteiger partial charge in [0.1, 0.15) is 11.6 Å². The summed E-state index contributed by atoms with van der Waals surface area (Å²) in [4.78, 5) is 47.4. The molecule has 2 bridgehead atoms. The van der Waals surface area contributed by atoms with Crippen LogP contribution in [0, 0.1) is 11.8 Å². The van der Waals surface area contributed by atoms with Crippen LogP contribution >= 0.6 is 15.9 Å². The molecule has 4 aliphatic rings. The number of hydrogen-bond acceptors (Lipinski definition) is 8. The molecule has 10 nitrogen and oxygen atoms in total. The summed E-state index contributed by atoms with van der Waals surface area (Å²) in [5, 5.41) is 10.6. The van der Waals surface area contributed by atoms with E-state index in [1.165, 1.54) is 4.90 Å². The van der Waals surface area contributed by atoms with Crippen molar-refractivity contribution in [2.24, 2.45) is 11.8 Å². The molecule has 1 aromatic rings. The standard InChI is InChI=1S/C29H38BrN3O7/c1-3-10-32(12-11-31-13-15-38-16-14-31)27(36)25-29-17-20(30)24(40-29)22(28(37)39-4-2)23(29)26(35)33(25)21(18-34)19-8-6-5-7-9-19/h3,5-9,20-25,34H,1,4,10-18H2,2H3/t20?,21-,22+,23+,24+,25?,29?/m1/s1.